The average Bonchev–Trinajstić information content (AvgIpc) is 3.17. The summed E-state index contributed by atoms with van der Waals surface area (Å²) >= 11 is 0. The summed E-state index contributed by atoms with van der Waals surface area (Å²) in [6, 6.07) is 0. The number of nitrogens with one attached hydrogen (secondary N) is 1. The summed E-state index contributed by atoms with van der Waals surface area (Å²) < 4.78 is 6.94. The number of hydrogen-bond donors (Lipinski definition) is 1. The zero-order valence-electron chi connectivity index (χ0n) is 16.2. The Morgan fingerprint density at radius 3 is 2.88 bits per heavy atom. The molecule has 2 fully saturated rings. The van der Waals surface area contributed by atoms with Gasteiger partial charge in [-0.2, -0.15) is 0 Å². The number of nitrogens with zero attached hydrogens (tertiary/aromatic N) is 4. The van der Waals surface area contributed by atoms with Gasteiger partial charge in [0.25, 0.3) is 0 Å². The molecule has 0 amide bonds. The van der Waals surface area contributed by atoms with E-state index in [2.05, 4.69) is 36.4 Å². The van der Waals surface area contributed by atoms with Crippen LogP contribution in [-0.4, -0.2) is 54.1 Å². The first-order chi connectivity index (χ1) is 12.0. The number of aromatic nitrogens is 3. The zero-order chi connectivity index (χ0) is 17.9. The molecule has 6 nitrogen and oxygen atoms in total. The SMILES string of the molecule is COCCNCCc1cn(CCN=C2C[C@H]3CC[C@]2(C)C3(C)C)nn1. The fourth-order valence-electron chi connectivity index (χ4n) is 4.53. The molecule has 0 saturated heterocycles. The quantitative estimate of drug-likeness (QED) is 0.697. The molecule has 2 aliphatic rings. The number of hydrogen-bond acceptors (Lipinski definition) is 5. The van der Waals surface area contributed by atoms with Crippen molar-refractivity contribution in [1.82, 2.24) is 20.3 Å². The lowest BCUT2D eigenvalue weighted by Crippen LogP contribution is -2.32. The minimum atomic E-state index is 0.305. The van der Waals surface area contributed by atoms with E-state index in [1.807, 2.05) is 10.9 Å². The molecule has 0 radical (unpaired) electrons. The van der Waals surface area contributed by atoms with Crippen LogP contribution in [0.25, 0.3) is 0 Å². The number of rotatable bonds is 9. The second kappa shape index (κ2) is 7.54. The van der Waals surface area contributed by atoms with Crippen LogP contribution in [0.15, 0.2) is 11.2 Å². The summed E-state index contributed by atoms with van der Waals surface area (Å²) in [7, 11) is 1.72. The van der Waals surface area contributed by atoms with Crippen LogP contribution in [0.5, 0.6) is 0 Å². The normalized spacial score (nSPS) is 29.0. The third-order valence-corrected chi connectivity index (χ3v) is 6.77. The Morgan fingerprint density at radius 1 is 1.36 bits per heavy atom. The number of ether oxygens (including phenoxy) is 1. The van der Waals surface area contributed by atoms with Crippen LogP contribution in [0.2, 0.25) is 0 Å². The van der Waals surface area contributed by atoms with Gasteiger partial charge in [-0.1, -0.05) is 26.0 Å². The Kier molecular flexibility index (Phi) is 5.58. The second-order valence-electron chi connectivity index (χ2n) is 8.29. The maximum absolute atomic E-state index is 5.02. The second-order valence-corrected chi connectivity index (χ2v) is 8.29. The molecule has 2 atom stereocenters. The summed E-state index contributed by atoms with van der Waals surface area (Å²) in [5.41, 5.74) is 3.18. The van der Waals surface area contributed by atoms with Gasteiger partial charge in [-0.3, -0.25) is 9.67 Å². The molecule has 1 N–H and O–H groups in total. The van der Waals surface area contributed by atoms with E-state index in [0.29, 0.717) is 10.8 Å². The molecule has 6 heteroatoms. The van der Waals surface area contributed by atoms with Crippen molar-refractivity contribution in [2.24, 2.45) is 21.7 Å². The molecular weight excluding hydrogens is 314 g/mol. The topological polar surface area (TPSA) is 64.3 Å². The highest BCUT2D eigenvalue weighted by Crippen LogP contribution is 2.63. The van der Waals surface area contributed by atoms with E-state index in [1.165, 1.54) is 25.0 Å². The first-order valence-corrected chi connectivity index (χ1v) is 9.60. The fraction of sp³-hybridized carbons (Fsp3) is 0.842. The molecule has 140 valence electrons. The van der Waals surface area contributed by atoms with Crippen molar-refractivity contribution in [2.45, 2.75) is 53.0 Å². The van der Waals surface area contributed by atoms with Gasteiger partial charge in [0.05, 0.1) is 25.4 Å². The van der Waals surface area contributed by atoms with Crippen molar-refractivity contribution in [2.75, 3.05) is 33.4 Å². The summed E-state index contributed by atoms with van der Waals surface area (Å²) in [4.78, 5) is 4.98. The molecule has 2 bridgehead atoms. The van der Waals surface area contributed by atoms with Crippen molar-refractivity contribution in [1.29, 1.82) is 0 Å². The van der Waals surface area contributed by atoms with Gasteiger partial charge in [-0.15, -0.1) is 5.10 Å². The predicted octanol–water partition coefficient (Wildman–Crippen LogP) is 2.34. The van der Waals surface area contributed by atoms with E-state index in [9.17, 15) is 0 Å². The first kappa shape index (κ1) is 18.5. The van der Waals surface area contributed by atoms with Crippen molar-refractivity contribution in [3.8, 4) is 0 Å². The van der Waals surface area contributed by atoms with E-state index < -0.39 is 0 Å². The summed E-state index contributed by atoms with van der Waals surface area (Å²) in [6.45, 7) is 11.4. The molecule has 1 heterocycles. The summed E-state index contributed by atoms with van der Waals surface area (Å²) in [6.07, 6.45) is 6.80. The molecule has 1 aromatic heterocycles. The van der Waals surface area contributed by atoms with Gasteiger partial charge in [-0.25, -0.2) is 0 Å². The standard InChI is InChI=1S/C19H33N5O/c1-18(2)15-5-7-19(18,3)17(13-15)21-9-11-24-14-16(22-23-24)6-8-20-10-12-25-4/h14-15,20H,5-13H2,1-4H3/t15-,19+/m1/s1. The predicted molar refractivity (Wildman–Crippen MR) is 100 cm³/mol. The molecule has 0 aromatic carbocycles. The third-order valence-electron chi connectivity index (χ3n) is 6.77. The Balaban J connectivity index is 1.46. The Hall–Kier alpha value is -1.27. The van der Waals surface area contributed by atoms with Crippen LogP contribution in [0.3, 0.4) is 0 Å². The molecule has 0 spiro atoms. The molecule has 2 saturated carbocycles. The van der Waals surface area contributed by atoms with Crippen LogP contribution in [0, 0.1) is 16.7 Å². The maximum atomic E-state index is 5.02. The smallest absolute Gasteiger partial charge is 0.0839 e. The lowest BCUT2D eigenvalue weighted by molar-refractivity contribution is 0.193. The Labute approximate surface area is 151 Å². The van der Waals surface area contributed by atoms with Gasteiger partial charge < -0.3 is 10.1 Å². The summed E-state index contributed by atoms with van der Waals surface area (Å²) in [5, 5.41) is 11.8. The fourth-order valence-corrected chi connectivity index (χ4v) is 4.53. The van der Waals surface area contributed by atoms with Crippen LogP contribution in [-0.2, 0) is 17.7 Å². The Bertz CT molecular complexity index is 609. The van der Waals surface area contributed by atoms with Gasteiger partial charge >= 0.3 is 0 Å². The third kappa shape index (κ3) is 3.65. The minimum Gasteiger partial charge on any atom is -0.383 e. The van der Waals surface area contributed by atoms with Gasteiger partial charge in [0.1, 0.15) is 0 Å². The van der Waals surface area contributed by atoms with Crippen molar-refractivity contribution >= 4 is 5.71 Å². The van der Waals surface area contributed by atoms with Gasteiger partial charge in [0, 0.05) is 43.9 Å². The number of aliphatic imine (C=N–C) groups is 1. The van der Waals surface area contributed by atoms with Crippen molar-refractivity contribution in [3.05, 3.63) is 11.9 Å². The lowest BCUT2D eigenvalue weighted by Gasteiger charge is -2.34. The maximum Gasteiger partial charge on any atom is 0.0839 e. The molecule has 0 aliphatic heterocycles. The summed E-state index contributed by atoms with van der Waals surface area (Å²) in [5.74, 6) is 0.819. The average molecular weight is 348 g/mol. The van der Waals surface area contributed by atoms with E-state index in [-0.39, 0.29) is 0 Å². The van der Waals surface area contributed by atoms with Gasteiger partial charge in [-0.05, 0) is 30.6 Å². The van der Waals surface area contributed by atoms with E-state index in [1.54, 1.807) is 7.11 Å². The van der Waals surface area contributed by atoms with Crippen molar-refractivity contribution in [3.63, 3.8) is 0 Å². The zero-order valence-corrected chi connectivity index (χ0v) is 16.2. The van der Waals surface area contributed by atoms with Crippen molar-refractivity contribution < 1.29 is 4.74 Å². The highest BCUT2D eigenvalue weighted by molar-refractivity contribution is 5.94. The Morgan fingerprint density at radius 2 is 2.20 bits per heavy atom. The molecule has 25 heavy (non-hydrogen) atoms. The lowest BCUT2D eigenvalue weighted by atomic mass is 9.70. The van der Waals surface area contributed by atoms with Crippen LogP contribution in [0.1, 0.15) is 45.7 Å². The van der Waals surface area contributed by atoms with E-state index in [0.717, 1.165) is 50.8 Å². The monoisotopic (exact) mass is 347 g/mol. The van der Waals surface area contributed by atoms with Crippen LogP contribution < -0.4 is 5.32 Å². The molecule has 1 aromatic rings. The van der Waals surface area contributed by atoms with Gasteiger partial charge in [0.2, 0.25) is 0 Å². The van der Waals surface area contributed by atoms with E-state index >= 15 is 0 Å². The molecule has 0 unspecified atom stereocenters. The van der Waals surface area contributed by atoms with Crippen LogP contribution >= 0.6 is 0 Å². The van der Waals surface area contributed by atoms with Gasteiger partial charge in [0.15, 0.2) is 0 Å². The van der Waals surface area contributed by atoms with E-state index in [4.69, 9.17) is 9.73 Å². The van der Waals surface area contributed by atoms with Crippen LogP contribution in [0.4, 0.5) is 0 Å². The largest absolute Gasteiger partial charge is 0.383 e. The molecule has 3 rings (SSSR count). The highest BCUT2D eigenvalue weighted by Gasteiger charge is 2.59. The number of methoxy groups -OCH3 is 1. The first-order valence-electron chi connectivity index (χ1n) is 9.60. The highest BCUT2D eigenvalue weighted by atomic mass is 16.5. The molecule has 2 aliphatic carbocycles. The molecular formula is C19H33N5O. The minimum absolute atomic E-state index is 0.305. The number of fused-ring (bicyclic) bond motifs is 2.